The van der Waals surface area contributed by atoms with E-state index in [-0.39, 0.29) is 23.2 Å². The van der Waals surface area contributed by atoms with Crippen LogP contribution < -0.4 is 5.32 Å². The highest BCUT2D eigenvalue weighted by atomic mass is 35.5. The topological polar surface area (TPSA) is 110 Å². The molecule has 0 unspecified atom stereocenters. The molecule has 0 atom stereocenters. The predicted octanol–water partition coefficient (Wildman–Crippen LogP) is 5.53. The van der Waals surface area contributed by atoms with Gasteiger partial charge in [-0.2, -0.15) is 5.10 Å². The molecule has 3 rings (SSSR count). The van der Waals surface area contributed by atoms with E-state index >= 15 is 0 Å². The summed E-state index contributed by atoms with van der Waals surface area (Å²) < 4.78 is 1.63. The monoisotopic (exact) mass is 511 g/mol. The van der Waals surface area contributed by atoms with Crippen LogP contribution in [0.15, 0.2) is 48.5 Å². The van der Waals surface area contributed by atoms with Gasteiger partial charge >= 0.3 is 0 Å². The molecular weight excluding hydrogens is 482 g/mol. The van der Waals surface area contributed by atoms with Gasteiger partial charge in [-0.25, -0.2) is 4.68 Å². The molecule has 9 nitrogen and oxygen atoms in total. The minimum absolute atomic E-state index is 0.136. The summed E-state index contributed by atoms with van der Waals surface area (Å²) in [6.45, 7) is 9.67. The number of nitrogens with zero attached hydrogens (tertiary/aromatic N) is 4. The number of nitro groups is 1. The standard InChI is InChI=1S/C26H30ClN5O4/c1-6-13-30(25(34)18-8-7-17(2)21(14-18)32(35)36)16-24(33)28-23-15-22(26(3,4)5)29-31(23)20-11-9-19(27)10-12-20/h7-12,14-15H,6,13,16H2,1-5H3,(H,28,33). The van der Waals surface area contributed by atoms with Gasteiger partial charge in [0, 0.05) is 40.2 Å². The Morgan fingerprint density at radius 1 is 1.14 bits per heavy atom. The Labute approximate surface area is 215 Å². The van der Waals surface area contributed by atoms with Gasteiger partial charge < -0.3 is 10.2 Å². The molecule has 190 valence electrons. The largest absolute Gasteiger partial charge is 0.329 e. The number of nitro benzene ring substituents is 1. The highest BCUT2D eigenvalue weighted by Gasteiger charge is 2.24. The van der Waals surface area contributed by atoms with Crippen LogP contribution in [0.4, 0.5) is 11.5 Å². The molecule has 0 aliphatic carbocycles. The summed E-state index contributed by atoms with van der Waals surface area (Å²) in [5, 5.41) is 19.5. The molecule has 2 amide bonds. The zero-order chi connectivity index (χ0) is 26.6. The van der Waals surface area contributed by atoms with E-state index in [1.807, 2.05) is 33.8 Å². The Hall–Kier alpha value is -3.72. The van der Waals surface area contributed by atoms with E-state index in [4.69, 9.17) is 11.6 Å². The van der Waals surface area contributed by atoms with Crippen LogP contribution in [-0.4, -0.2) is 44.5 Å². The maximum absolute atomic E-state index is 13.2. The third kappa shape index (κ3) is 6.28. The minimum atomic E-state index is -0.520. The van der Waals surface area contributed by atoms with Crippen molar-refractivity contribution in [1.29, 1.82) is 0 Å². The third-order valence-corrected chi connectivity index (χ3v) is 5.84. The first-order valence-electron chi connectivity index (χ1n) is 11.6. The summed E-state index contributed by atoms with van der Waals surface area (Å²) in [6.07, 6.45) is 0.615. The van der Waals surface area contributed by atoms with Gasteiger partial charge in [0.25, 0.3) is 11.6 Å². The molecule has 0 saturated carbocycles. The highest BCUT2D eigenvalue weighted by molar-refractivity contribution is 6.30. The molecule has 1 N–H and O–H groups in total. The number of hydrogen-bond donors (Lipinski definition) is 1. The van der Waals surface area contributed by atoms with Crippen LogP contribution in [0.1, 0.15) is 55.7 Å². The minimum Gasteiger partial charge on any atom is -0.329 e. The van der Waals surface area contributed by atoms with Crippen LogP contribution in [0.5, 0.6) is 0 Å². The van der Waals surface area contributed by atoms with Crippen molar-refractivity contribution >= 4 is 34.9 Å². The highest BCUT2D eigenvalue weighted by Crippen LogP contribution is 2.27. The van der Waals surface area contributed by atoms with Crippen molar-refractivity contribution in [3.63, 3.8) is 0 Å². The molecule has 0 radical (unpaired) electrons. The van der Waals surface area contributed by atoms with E-state index in [0.29, 0.717) is 29.4 Å². The fourth-order valence-corrected chi connectivity index (χ4v) is 3.74. The number of hydrogen-bond acceptors (Lipinski definition) is 5. The maximum Gasteiger partial charge on any atom is 0.273 e. The smallest absolute Gasteiger partial charge is 0.273 e. The quantitative estimate of drug-likeness (QED) is 0.316. The van der Waals surface area contributed by atoms with Gasteiger partial charge in [-0.1, -0.05) is 45.4 Å². The number of anilines is 1. The molecule has 0 aliphatic heterocycles. The molecule has 0 aliphatic rings. The molecule has 2 aromatic carbocycles. The second kappa shape index (κ2) is 10.9. The molecule has 3 aromatic rings. The lowest BCUT2D eigenvalue weighted by Crippen LogP contribution is -2.38. The van der Waals surface area contributed by atoms with Gasteiger partial charge in [0.05, 0.1) is 16.3 Å². The number of rotatable bonds is 8. The number of benzene rings is 2. The summed E-state index contributed by atoms with van der Waals surface area (Å²) >= 11 is 6.03. The first-order chi connectivity index (χ1) is 16.9. The van der Waals surface area contributed by atoms with Crippen LogP contribution >= 0.6 is 11.6 Å². The molecule has 1 heterocycles. The number of aryl methyl sites for hydroxylation is 1. The number of aromatic nitrogens is 2. The van der Waals surface area contributed by atoms with Gasteiger partial charge in [0.2, 0.25) is 5.91 Å². The first kappa shape index (κ1) is 26.9. The van der Waals surface area contributed by atoms with E-state index in [1.54, 1.807) is 35.9 Å². The lowest BCUT2D eigenvalue weighted by molar-refractivity contribution is -0.385. The van der Waals surface area contributed by atoms with Crippen molar-refractivity contribution in [2.75, 3.05) is 18.4 Å². The molecule has 0 saturated heterocycles. The average molecular weight is 512 g/mol. The van der Waals surface area contributed by atoms with Crippen molar-refractivity contribution in [3.8, 4) is 5.69 Å². The van der Waals surface area contributed by atoms with E-state index in [1.165, 1.54) is 23.1 Å². The van der Waals surface area contributed by atoms with E-state index in [2.05, 4.69) is 10.4 Å². The molecule has 0 bridgehead atoms. The van der Waals surface area contributed by atoms with Gasteiger partial charge in [-0.05, 0) is 43.7 Å². The van der Waals surface area contributed by atoms with Gasteiger partial charge in [-0.3, -0.25) is 19.7 Å². The van der Waals surface area contributed by atoms with Crippen molar-refractivity contribution < 1.29 is 14.5 Å². The van der Waals surface area contributed by atoms with Crippen LogP contribution in [-0.2, 0) is 10.2 Å². The number of nitrogens with one attached hydrogen (secondary N) is 1. The van der Waals surface area contributed by atoms with Crippen LogP contribution in [0.25, 0.3) is 5.69 Å². The second-order valence-corrected chi connectivity index (χ2v) is 10.0. The maximum atomic E-state index is 13.2. The van der Waals surface area contributed by atoms with Crippen LogP contribution in [0.2, 0.25) is 5.02 Å². The Bertz CT molecular complexity index is 1280. The predicted molar refractivity (Wildman–Crippen MR) is 140 cm³/mol. The van der Waals surface area contributed by atoms with Crippen LogP contribution in [0.3, 0.4) is 0 Å². The van der Waals surface area contributed by atoms with Gasteiger partial charge in [-0.15, -0.1) is 0 Å². The molecule has 10 heteroatoms. The first-order valence-corrected chi connectivity index (χ1v) is 12.0. The Morgan fingerprint density at radius 2 is 1.81 bits per heavy atom. The fourth-order valence-electron chi connectivity index (χ4n) is 3.62. The SMILES string of the molecule is CCCN(CC(=O)Nc1cc(C(C)(C)C)nn1-c1ccc(Cl)cc1)C(=O)c1ccc(C)c([N+](=O)[O-])c1. The Balaban J connectivity index is 1.87. The third-order valence-electron chi connectivity index (χ3n) is 5.58. The summed E-state index contributed by atoms with van der Waals surface area (Å²) in [5.41, 5.74) is 1.72. The van der Waals surface area contributed by atoms with Gasteiger partial charge in [0.15, 0.2) is 0 Å². The Morgan fingerprint density at radius 3 is 2.39 bits per heavy atom. The zero-order valence-corrected chi connectivity index (χ0v) is 21.8. The second-order valence-electron chi connectivity index (χ2n) is 9.59. The number of carbonyl (C=O) groups is 2. The summed E-state index contributed by atoms with van der Waals surface area (Å²) in [5.74, 6) is -0.396. The van der Waals surface area contributed by atoms with Crippen molar-refractivity contribution in [2.45, 2.75) is 46.5 Å². The van der Waals surface area contributed by atoms with Crippen LogP contribution in [0, 0.1) is 17.0 Å². The van der Waals surface area contributed by atoms with Crippen molar-refractivity contribution in [3.05, 3.63) is 80.5 Å². The van der Waals surface area contributed by atoms with Crippen molar-refractivity contribution in [2.24, 2.45) is 0 Å². The zero-order valence-electron chi connectivity index (χ0n) is 21.0. The summed E-state index contributed by atoms with van der Waals surface area (Å²) in [4.78, 5) is 38.4. The van der Waals surface area contributed by atoms with E-state index in [0.717, 1.165) is 11.4 Å². The lowest BCUT2D eigenvalue weighted by Gasteiger charge is -2.22. The number of amides is 2. The van der Waals surface area contributed by atoms with Crippen molar-refractivity contribution in [1.82, 2.24) is 14.7 Å². The molecule has 36 heavy (non-hydrogen) atoms. The fraction of sp³-hybridized carbons (Fsp3) is 0.346. The molecular formula is C26H30ClN5O4. The normalized spacial score (nSPS) is 11.3. The van der Waals surface area contributed by atoms with Gasteiger partial charge in [0.1, 0.15) is 12.4 Å². The molecule has 0 spiro atoms. The number of carbonyl (C=O) groups excluding carboxylic acids is 2. The molecule has 1 aromatic heterocycles. The summed E-state index contributed by atoms with van der Waals surface area (Å²) in [6, 6.07) is 13.2. The summed E-state index contributed by atoms with van der Waals surface area (Å²) in [7, 11) is 0. The average Bonchev–Trinajstić information content (AvgIpc) is 3.23. The Kier molecular flexibility index (Phi) is 8.14. The molecule has 0 fully saturated rings. The van der Waals surface area contributed by atoms with E-state index in [9.17, 15) is 19.7 Å². The lowest BCUT2D eigenvalue weighted by atomic mass is 9.92. The number of halogens is 1. The van der Waals surface area contributed by atoms with E-state index < -0.39 is 16.7 Å².